The number of nitrogens with one attached hydrogen (secondary N) is 4. The molecule has 0 bridgehead atoms. The highest BCUT2D eigenvalue weighted by atomic mass is 28.4. The van der Waals surface area contributed by atoms with Crippen LogP contribution in [0.25, 0.3) is 11.1 Å². The van der Waals surface area contributed by atoms with Crippen molar-refractivity contribution in [3.05, 3.63) is 150 Å². The van der Waals surface area contributed by atoms with Crippen molar-refractivity contribution in [2.45, 2.75) is 117 Å². The van der Waals surface area contributed by atoms with E-state index in [2.05, 4.69) is 78.1 Å². The van der Waals surface area contributed by atoms with Crippen LogP contribution in [0.15, 0.2) is 127 Å². The maximum atomic E-state index is 14.7. The third kappa shape index (κ3) is 14.0. The van der Waals surface area contributed by atoms with Crippen molar-refractivity contribution in [3.63, 3.8) is 0 Å². The van der Waals surface area contributed by atoms with Gasteiger partial charge in [-0.15, -0.1) is 5.92 Å². The monoisotopic (exact) mass is 1010 g/mol. The standard InChI is InChI=1S/C58H70N6O8Si/c1-10-11-35-64(56(69)71-51-47-29-20-18-27-45(47)46-28-19-21-30-48(46)51)37-41-36-42(33-32-40(41)38-70-73(58(7,8)9,43-23-14-12-15-24-43)44-25-16-13-17-26-44)61-52(65)49(31-22-34-60-54(59)67)62-53(66)50(39(2)3)63-55(68)72-57(4,5)6/h12-21,23-30,32-33,36,39,49-51H,22,31,34-35,37-38H2,1-9H3,(H,61,65)(H,62,66)(H,63,68)(H3,59,60,67)/t49-,50-/m0/s1. The van der Waals surface area contributed by atoms with Crippen LogP contribution >= 0.6 is 0 Å². The maximum absolute atomic E-state index is 14.7. The Morgan fingerprint density at radius 1 is 0.740 bits per heavy atom. The van der Waals surface area contributed by atoms with Gasteiger partial charge >= 0.3 is 18.2 Å². The molecule has 6 rings (SSSR count). The average molecular weight is 1010 g/mol. The van der Waals surface area contributed by atoms with E-state index in [9.17, 15) is 24.0 Å². The van der Waals surface area contributed by atoms with Crippen molar-refractivity contribution in [1.82, 2.24) is 20.9 Å². The van der Waals surface area contributed by atoms with Gasteiger partial charge in [0.05, 0.1) is 19.7 Å². The number of fused-ring (bicyclic) bond motifs is 3. The van der Waals surface area contributed by atoms with E-state index in [-0.39, 0.29) is 50.0 Å². The fraction of sp³-hybridized carbons (Fsp3) is 0.362. The van der Waals surface area contributed by atoms with Gasteiger partial charge in [0.15, 0.2) is 6.10 Å². The molecule has 73 heavy (non-hydrogen) atoms. The van der Waals surface area contributed by atoms with Crippen LogP contribution < -0.4 is 37.4 Å². The zero-order valence-electron chi connectivity index (χ0n) is 43.5. The number of rotatable bonds is 19. The Bertz CT molecular complexity index is 2710. The predicted molar refractivity (Wildman–Crippen MR) is 288 cm³/mol. The van der Waals surface area contributed by atoms with E-state index in [1.807, 2.05) is 91.0 Å². The summed E-state index contributed by atoms with van der Waals surface area (Å²) in [5.74, 6) is 4.48. The van der Waals surface area contributed by atoms with E-state index < -0.39 is 62.1 Å². The first kappa shape index (κ1) is 54.9. The molecule has 0 radical (unpaired) electrons. The van der Waals surface area contributed by atoms with Crippen LogP contribution in [0.5, 0.6) is 0 Å². The number of amides is 6. The largest absolute Gasteiger partial charge is 0.444 e. The van der Waals surface area contributed by atoms with Gasteiger partial charge < -0.3 is 40.9 Å². The van der Waals surface area contributed by atoms with Crippen LogP contribution in [-0.2, 0) is 36.6 Å². The fourth-order valence-electron chi connectivity index (χ4n) is 9.16. The molecule has 6 N–H and O–H groups in total. The molecule has 15 heteroatoms. The Morgan fingerprint density at radius 3 is 1.85 bits per heavy atom. The SMILES string of the molecule is CC#CCN(Cc1cc(NC(=O)[C@H](CCCNC(N)=O)NC(=O)[C@@H](NC(=O)OC(C)(C)C)C(C)C)ccc1CO[Si](c1ccccc1)(c1ccccc1)C(C)(C)C)C(=O)OC1c2ccccc2-c2ccccc21. The van der Waals surface area contributed by atoms with Gasteiger partial charge in [-0.2, -0.15) is 0 Å². The normalized spacial score (nSPS) is 13.0. The number of primary amides is 1. The van der Waals surface area contributed by atoms with E-state index >= 15 is 0 Å². The van der Waals surface area contributed by atoms with Crippen LogP contribution in [0.2, 0.25) is 5.04 Å². The van der Waals surface area contributed by atoms with Crippen LogP contribution in [0, 0.1) is 17.8 Å². The number of nitrogens with two attached hydrogens (primary N) is 1. The first-order valence-electron chi connectivity index (χ1n) is 24.8. The van der Waals surface area contributed by atoms with E-state index in [0.717, 1.165) is 38.2 Å². The first-order valence-corrected chi connectivity index (χ1v) is 26.7. The summed E-state index contributed by atoms with van der Waals surface area (Å²) in [5, 5.41) is 12.9. The number of carbonyl (C=O) groups is 5. The summed E-state index contributed by atoms with van der Waals surface area (Å²) in [4.78, 5) is 69.0. The van der Waals surface area contributed by atoms with E-state index in [0.29, 0.717) is 11.3 Å². The average Bonchev–Trinajstić information content (AvgIpc) is 3.65. The lowest BCUT2D eigenvalue weighted by atomic mass is 10.0. The van der Waals surface area contributed by atoms with E-state index in [4.69, 9.17) is 19.6 Å². The van der Waals surface area contributed by atoms with E-state index in [1.165, 1.54) is 0 Å². The summed E-state index contributed by atoms with van der Waals surface area (Å²) in [7, 11) is -3.07. The molecule has 0 aromatic heterocycles. The Labute approximate surface area is 431 Å². The minimum Gasteiger partial charge on any atom is -0.444 e. The zero-order chi connectivity index (χ0) is 52.9. The predicted octanol–water partition coefficient (Wildman–Crippen LogP) is 8.92. The lowest BCUT2D eigenvalue weighted by Crippen LogP contribution is -2.66. The number of anilines is 1. The van der Waals surface area contributed by atoms with Crippen molar-refractivity contribution in [3.8, 4) is 23.0 Å². The van der Waals surface area contributed by atoms with Gasteiger partial charge in [0.1, 0.15) is 17.7 Å². The minimum absolute atomic E-state index is 0.0258. The highest BCUT2D eigenvalue weighted by Gasteiger charge is 2.50. The molecule has 14 nitrogen and oxygen atoms in total. The molecule has 384 valence electrons. The molecule has 0 spiro atoms. The van der Waals surface area contributed by atoms with Gasteiger partial charge in [-0.05, 0) is 96.3 Å². The summed E-state index contributed by atoms with van der Waals surface area (Å²) in [5.41, 5.74) is 10.1. The van der Waals surface area contributed by atoms with Crippen molar-refractivity contribution in [2.24, 2.45) is 11.7 Å². The molecular formula is C58H70N6O8Si. The Hall–Kier alpha value is -7.41. The second kappa shape index (κ2) is 24.3. The lowest BCUT2D eigenvalue weighted by molar-refractivity contribution is -0.128. The number of alkyl carbamates (subject to hydrolysis) is 1. The first-order chi connectivity index (χ1) is 34.7. The highest BCUT2D eigenvalue weighted by molar-refractivity contribution is 6.99. The van der Waals surface area contributed by atoms with Crippen molar-refractivity contribution >= 4 is 54.4 Å². The van der Waals surface area contributed by atoms with Gasteiger partial charge in [-0.3, -0.25) is 14.5 Å². The number of hydrogen-bond donors (Lipinski definition) is 5. The molecular weight excluding hydrogens is 937 g/mol. The molecule has 0 unspecified atom stereocenters. The molecule has 0 saturated carbocycles. The van der Waals surface area contributed by atoms with Gasteiger partial charge in [0.2, 0.25) is 11.8 Å². The van der Waals surface area contributed by atoms with Crippen molar-refractivity contribution in [2.75, 3.05) is 18.4 Å². The second-order valence-electron chi connectivity index (χ2n) is 20.5. The molecule has 5 aromatic rings. The summed E-state index contributed by atoms with van der Waals surface area (Å²) in [6.07, 6.45) is -1.63. The Kier molecular flexibility index (Phi) is 18.3. The van der Waals surface area contributed by atoms with Gasteiger partial charge in [0, 0.05) is 23.4 Å². The minimum atomic E-state index is -3.07. The number of ether oxygens (including phenoxy) is 2. The number of benzene rings is 5. The second-order valence-corrected chi connectivity index (χ2v) is 24.8. The summed E-state index contributed by atoms with van der Waals surface area (Å²) in [6, 6.07) is 39.0. The summed E-state index contributed by atoms with van der Waals surface area (Å²) in [6.45, 7) is 17.4. The van der Waals surface area contributed by atoms with E-state index in [1.54, 1.807) is 58.6 Å². The molecule has 2 atom stereocenters. The number of urea groups is 1. The quantitative estimate of drug-likeness (QED) is 0.0308. The van der Waals surface area contributed by atoms with Crippen molar-refractivity contribution < 1.29 is 37.9 Å². The number of carbonyl (C=O) groups excluding carboxylic acids is 5. The van der Waals surface area contributed by atoms with Crippen LogP contribution in [0.3, 0.4) is 0 Å². The molecule has 1 aliphatic carbocycles. The summed E-state index contributed by atoms with van der Waals surface area (Å²) < 4.78 is 19.3. The van der Waals surface area contributed by atoms with Gasteiger partial charge in [-0.25, -0.2) is 14.4 Å². The third-order valence-corrected chi connectivity index (χ3v) is 17.6. The topological polar surface area (TPSA) is 190 Å². The smallest absolute Gasteiger partial charge is 0.411 e. The van der Waals surface area contributed by atoms with Crippen LogP contribution in [-0.4, -0.2) is 74.0 Å². The highest BCUT2D eigenvalue weighted by Crippen LogP contribution is 2.45. The Balaban J connectivity index is 1.37. The molecule has 0 aliphatic heterocycles. The number of nitrogens with zero attached hydrogens (tertiary/aromatic N) is 1. The molecule has 0 saturated heterocycles. The van der Waals surface area contributed by atoms with Crippen LogP contribution in [0.4, 0.5) is 20.1 Å². The number of hydrogen-bond acceptors (Lipinski definition) is 8. The zero-order valence-corrected chi connectivity index (χ0v) is 44.5. The summed E-state index contributed by atoms with van der Waals surface area (Å²) >= 11 is 0. The van der Waals surface area contributed by atoms with Crippen LogP contribution in [0.1, 0.15) is 104 Å². The van der Waals surface area contributed by atoms with Gasteiger partial charge in [-0.1, -0.05) is 156 Å². The molecule has 6 amide bonds. The van der Waals surface area contributed by atoms with Gasteiger partial charge in [0.25, 0.3) is 8.32 Å². The fourth-order valence-corrected chi connectivity index (χ4v) is 13.7. The molecule has 0 fully saturated rings. The molecule has 5 aromatic carbocycles. The molecule has 1 aliphatic rings. The Morgan fingerprint density at radius 2 is 1.32 bits per heavy atom. The van der Waals surface area contributed by atoms with Crippen molar-refractivity contribution in [1.29, 1.82) is 0 Å². The lowest BCUT2D eigenvalue weighted by Gasteiger charge is -2.43. The molecule has 0 heterocycles. The maximum Gasteiger partial charge on any atom is 0.411 e. The third-order valence-electron chi connectivity index (χ3n) is 12.6.